The average molecular weight is 235 g/mol. The Hall–Kier alpha value is -1.01. The molecular formula is C9H11F2NO2S. The van der Waals surface area contributed by atoms with E-state index in [9.17, 15) is 13.6 Å². The third kappa shape index (κ3) is 3.56. The Labute approximate surface area is 89.9 Å². The molecule has 0 fully saturated rings. The molecule has 1 N–H and O–H groups in total. The Bertz CT molecular complexity index is 303. The van der Waals surface area contributed by atoms with Gasteiger partial charge in [0.05, 0.1) is 18.7 Å². The highest BCUT2D eigenvalue weighted by atomic mass is 32.1. The number of carbonyl (C=O) groups excluding carboxylic acids is 1. The lowest BCUT2D eigenvalue weighted by molar-refractivity contribution is 0.0509. The van der Waals surface area contributed by atoms with Crippen molar-refractivity contribution in [2.24, 2.45) is 0 Å². The quantitative estimate of drug-likeness (QED) is 0.839. The van der Waals surface area contributed by atoms with E-state index in [1.807, 2.05) is 0 Å². The van der Waals surface area contributed by atoms with Crippen molar-refractivity contribution in [1.82, 2.24) is 4.90 Å². The zero-order chi connectivity index (χ0) is 11.3. The van der Waals surface area contributed by atoms with Crippen LogP contribution in [0.3, 0.4) is 0 Å². The summed E-state index contributed by atoms with van der Waals surface area (Å²) in [7, 11) is 0. The highest BCUT2D eigenvalue weighted by Crippen LogP contribution is 2.10. The lowest BCUT2D eigenvalue weighted by Gasteiger charge is -2.20. The molecule has 0 spiro atoms. The molecule has 0 unspecified atom stereocenters. The number of alkyl halides is 2. The third-order valence-corrected chi connectivity index (χ3v) is 2.47. The smallest absolute Gasteiger partial charge is 0.255 e. The molecule has 1 aromatic heterocycles. The van der Waals surface area contributed by atoms with E-state index < -0.39 is 18.9 Å². The van der Waals surface area contributed by atoms with Crippen LogP contribution in [0.2, 0.25) is 0 Å². The molecule has 1 amide bonds. The predicted octanol–water partition coefficient (Wildman–Crippen LogP) is 1.45. The van der Waals surface area contributed by atoms with E-state index in [0.29, 0.717) is 5.56 Å². The van der Waals surface area contributed by atoms with Crippen LogP contribution in [0.5, 0.6) is 0 Å². The minimum Gasteiger partial charge on any atom is -0.395 e. The molecule has 0 atom stereocenters. The molecule has 0 aliphatic carbocycles. The van der Waals surface area contributed by atoms with Gasteiger partial charge in [0.25, 0.3) is 12.3 Å². The number of aliphatic hydroxyl groups excluding tert-OH is 1. The van der Waals surface area contributed by atoms with Crippen LogP contribution in [0, 0.1) is 0 Å². The minimum absolute atomic E-state index is 0.0704. The van der Waals surface area contributed by atoms with Crippen LogP contribution in [0.4, 0.5) is 8.78 Å². The molecule has 3 nitrogen and oxygen atoms in total. The highest BCUT2D eigenvalue weighted by molar-refractivity contribution is 7.08. The van der Waals surface area contributed by atoms with Crippen molar-refractivity contribution in [3.63, 3.8) is 0 Å². The van der Waals surface area contributed by atoms with E-state index in [0.717, 1.165) is 4.90 Å². The van der Waals surface area contributed by atoms with E-state index >= 15 is 0 Å². The van der Waals surface area contributed by atoms with Crippen LogP contribution in [0.25, 0.3) is 0 Å². The van der Waals surface area contributed by atoms with Crippen molar-refractivity contribution in [2.45, 2.75) is 6.43 Å². The van der Waals surface area contributed by atoms with E-state index in [1.165, 1.54) is 11.3 Å². The maximum atomic E-state index is 12.1. The molecule has 1 heterocycles. The molecule has 0 bridgehead atoms. The first-order valence-corrected chi connectivity index (χ1v) is 5.30. The fourth-order valence-corrected chi connectivity index (χ4v) is 1.76. The van der Waals surface area contributed by atoms with Gasteiger partial charge in [-0.1, -0.05) is 0 Å². The van der Waals surface area contributed by atoms with Crippen molar-refractivity contribution in [3.8, 4) is 0 Å². The van der Waals surface area contributed by atoms with Gasteiger partial charge in [-0.25, -0.2) is 8.78 Å². The fraction of sp³-hybridized carbons (Fsp3) is 0.444. The molecule has 0 aliphatic rings. The zero-order valence-corrected chi connectivity index (χ0v) is 8.71. The molecule has 6 heteroatoms. The van der Waals surface area contributed by atoms with Gasteiger partial charge in [-0.2, -0.15) is 11.3 Å². The van der Waals surface area contributed by atoms with Crippen molar-refractivity contribution >= 4 is 17.2 Å². The summed E-state index contributed by atoms with van der Waals surface area (Å²) in [5.41, 5.74) is 0.383. The van der Waals surface area contributed by atoms with Crippen LogP contribution >= 0.6 is 11.3 Å². The van der Waals surface area contributed by atoms with E-state index in [4.69, 9.17) is 5.11 Å². The van der Waals surface area contributed by atoms with Gasteiger partial charge in [-0.05, 0) is 11.4 Å². The normalized spacial score (nSPS) is 10.7. The summed E-state index contributed by atoms with van der Waals surface area (Å²) < 4.78 is 24.3. The van der Waals surface area contributed by atoms with Gasteiger partial charge in [0.2, 0.25) is 0 Å². The van der Waals surface area contributed by atoms with Crippen molar-refractivity contribution in [2.75, 3.05) is 19.7 Å². The zero-order valence-electron chi connectivity index (χ0n) is 7.90. The van der Waals surface area contributed by atoms with Gasteiger partial charge in [0.1, 0.15) is 0 Å². The molecule has 0 aliphatic heterocycles. The fourth-order valence-electron chi connectivity index (χ4n) is 1.13. The number of aliphatic hydroxyl groups is 1. The first kappa shape index (κ1) is 12.1. The van der Waals surface area contributed by atoms with Gasteiger partial charge < -0.3 is 10.0 Å². The van der Waals surface area contributed by atoms with Gasteiger partial charge in [0, 0.05) is 11.9 Å². The van der Waals surface area contributed by atoms with Crippen LogP contribution in [-0.2, 0) is 0 Å². The topological polar surface area (TPSA) is 40.5 Å². The molecule has 1 rings (SSSR count). The van der Waals surface area contributed by atoms with Gasteiger partial charge in [-0.3, -0.25) is 4.79 Å². The number of rotatable bonds is 5. The third-order valence-electron chi connectivity index (χ3n) is 1.78. The van der Waals surface area contributed by atoms with E-state index in [-0.39, 0.29) is 13.2 Å². The maximum absolute atomic E-state index is 12.1. The highest BCUT2D eigenvalue weighted by Gasteiger charge is 2.19. The predicted molar refractivity (Wildman–Crippen MR) is 53.3 cm³/mol. The van der Waals surface area contributed by atoms with Crippen LogP contribution in [0.15, 0.2) is 16.8 Å². The number of hydrogen-bond acceptors (Lipinski definition) is 3. The van der Waals surface area contributed by atoms with Crippen LogP contribution in [-0.4, -0.2) is 42.0 Å². The first-order chi connectivity index (χ1) is 7.15. The Morgan fingerprint density at radius 1 is 1.60 bits per heavy atom. The summed E-state index contributed by atoms with van der Waals surface area (Å²) >= 11 is 1.32. The van der Waals surface area contributed by atoms with E-state index in [1.54, 1.807) is 16.8 Å². The molecule has 84 valence electrons. The summed E-state index contributed by atoms with van der Waals surface area (Å²) in [6, 6.07) is 1.57. The van der Waals surface area contributed by atoms with Crippen LogP contribution in [0.1, 0.15) is 10.4 Å². The van der Waals surface area contributed by atoms with Crippen molar-refractivity contribution in [1.29, 1.82) is 0 Å². The summed E-state index contributed by atoms with van der Waals surface area (Å²) in [6.07, 6.45) is -2.58. The second kappa shape index (κ2) is 5.77. The van der Waals surface area contributed by atoms with Gasteiger partial charge >= 0.3 is 0 Å². The summed E-state index contributed by atoms with van der Waals surface area (Å²) in [4.78, 5) is 12.6. The molecule has 0 radical (unpaired) electrons. The SMILES string of the molecule is O=C(c1ccsc1)N(CCO)CC(F)F. The largest absolute Gasteiger partial charge is 0.395 e. The van der Waals surface area contributed by atoms with E-state index in [2.05, 4.69) is 0 Å². The summed E-state index contributed by atoms with van der Waals surface area (Å²) in [5.74, 6) is -0.467. The summed E-state index contributed by atoms with van der Waals surface area (Å²) in [6.45, 7) is -1.03. The second-order valence-corrected chi connectivity index (χ2v) is 3.66. The number of hydrogen-bond donors (Lipinski definition) is 1. The Kier molecular flexibility index (Phi) is 4.64. The molecule has 0 saturated heterocycles. The number of nitrogens with zero attached hydrogens (tertiary/aromatic N) is 1. The number of carbonyl (C=O) groups is 1. The van der Waals surface area contributed by atoms with Crippen LogP contribution < -0.4 is 0 Å². The second-order valence-electron chi connectivity index (χ2n) is 2.88. The number of amides is 1. The minimum atomic E-state index is -2.58. The molecule has 1 aromatic rings. The van der Waals surface area contributed by atoms with Gasteiger partial charge in [0.15, 0.2) is 0 Å². The lowest BCUT2D eigenvalue weighted by atomic mass is 10.3. The van der Waals surface area contributed by atoms with Crippen molar-refractivity contribution in [3.05, 3.63) is 22.4 Å². The van der Waals surface area contributed by atoms with Crippen molar-refractivity contribution < 1.29 is 18.7 Å². The first-order valence-electron chi connectivity index (χ1n) is 4.35. The number of thiophene rings is 1. The molecule has 15 heavy (non-hydrogen) atoms. The lowest BCUT2D eigenvalue weighted by Crippen LogP contribution is -2.37. The standard InChI is InChI=1S/C9H11F2NO2S/c10-8(11)5-12(2-3-13)9(14)7-1-4-15-6-7/h1,4,6,8,13H,2-3,5H2. The Balaban J connectivity index is 2.67. The number of halogens is 2. The monoisotopic (exact) mass is 235 g/mol. The average Bonchev–Trinajstić information content (AvgIpc) is 2.68. The Morgan fingerprint density at radius 2 is 2.33 bits per heavy atom. The van der Waals surface area contributed by atoms with Gasteiger partial charge in [-0.15, -0.1) is 0 Å². The Morgan fingerprint density at radius 3 is 2.80 bits per heavy atom. The maximum Gasteiger partial charge on any atom is 0.255 e. The summed E-state index contributed by atoms with van der Waals surface area (Å²) in [5, 5.41) is 12.0. The molecular weight excluding hydrogens is 224 g/mol. The molecule has 0 aromatic carbocycles. The molecule has 0 saturated carbocycles.